The van der Waals surface area contributed by atoms with E-state index in [9.17, 15) is 4.79 Å². The summed E-state index contributed by atoms with van der Waals surface area (Å²) in [6.45, 7) is 3.68. The van der Waals surface area contributed by atoms with E-state index in [4.69, 9.17) is 15.2 Å². The minimum atomic E-state index is 0.250. The maximum Gasteiger partial charge on any atom is 0.172 e. The number of rotatable bonds is 4. The van der Waals surface area contributed by atoms with Crippen molar-refractivity contribution in [1.29, 1.82) is 0 Å². The number of carbonyl (C=O) groups is 1. The van der Waals surface area contributed by atoms with Crippen LogP contribution >= 0.6 is 15.9 Å². The van der Waals surface area contributed by atoms with E-state index in [0.29, 0.717) is 36.8 Å². The molecule has 0 saturated heterocycles. The highest BCUT2D eigenvalue weighted by Crippen LogP contribution is 2.44. The lowest BCUT2D eigenvalue weighted by atomic mass is 9.95. The van der Waals surface area contributed by atoms with Gasteiger partial charge in [0.05, 0.1) is 5.56 Å². The normalized spacial score (nSPS) is 15.3. The quantitative estimate of drug-likeness (QED) is 0.867. The van der Waals surface area contributed by atoms with E-state index in [-0.39, 0.29) is 5.92 Å². The minimum absolute atomic E-state index is 0.250. The van der Waals surface area contributed by atoms with E-state index in [2.05, 4.69) is 22.9 Å². The van der Waals surface area contributed by atoms with Crippen molar-refractivity contribution in [3.63, 3.8) is 0 Å². The van der Waals surface area contributed by atoms with Crippen LogP contribution in [0.15, 0.2) is 10.5 Å². The predicted octanol–water partition coefficient (Wildman–Crippen LogP) is 2.49. The molecule has 0 spiro atoms. The number of hydrogen-bond donors (Lipinski definition) is 1. The Balaban J connectivity index is 2.55. The molecule has 98 valence electrons. The Kier molecular flexibility index (Phi) is 4.24. The molecule has 0 radical (unpaired) electrons. The summed E-state index contributed by atoms with van der Waals surface area (Å²) in [5.74, 6) is 1.48. The van der Waals surface area contributed by atoms with Crippen LogP contribution in [0.5, 0.6) is 11.5 Å². The van der Waals surface area contributed by atoms with Gasteiger partial charge < -0.3 is 15.2 Å². The van der Waals surface area contributed by atoms with Crippen LogP contribution in [0.2, 0.25) is 0 Å². The molecule has 1 aliphatic heterocycles. The summed E-state index contributed by atoms with van der Waals surface area (Å²) in [5.41, 5.74) is 7.15. The fraction of sp³-hybridized carbons (Fsp3) is 0.462. The number of benzene rings is 1. The largest absolute Gasteiger partial charge is 0.486 e. The number of fused-ring (bicyclic) bond motifs is 1. The second-order valence-corrected chi connectivity index (χ2v) is 5.17. The van der Waals surface area contributed by atoms with Crippen LogP contribution in [0, 0.1) is 0 Å². The van der Waals surface area contributed by atoms with Crippen molar-refractivity contribution in [2.45, 2.75) is 19.3 Å². The van der Waals surface area contributed by atoms with Crippen molar-refractivity contribution in [1.82, 2.24) is 0 Å². The molecule has 1 unspecified atom stereocenters. The molecular weight excluding hydrogens is 298 g/mol. The van der Waals surface area contributed by atoms with Crippen molar-refractivity contribution in [2.24, 2.45) is 5.73 Å². The highest BCUT2D eigenvalue weighted by molar-refractivity contribution is 9.10. The smallest absolute Gasteiger partial charge is 0.172 e. The zero-order valence-corrected chi connectivity index (χ0v) is 11.8. The number of carbonyl (C=O) groups excluding carboxylic acids is 1. The zero-order chi connectivity index (χ0) is 13.1. The van der Waals surface area contributed by atoms with E-state index in [1.54, 1.807) is 6.07 Å². The van der Waals surface area contributed by atoms with Crippen LogP contribution in [-0.2, 0) is 0 Å². The van der Waals surface area contributed by atoms with Gasteiger partial charge in [0.15, 0.2) is 17.8 Å². The molecule has 1 aromatic rings. The lowest BCUT2D eigenvalue weighted by molar-refractivity contribution is 0.111. The van der Waals surface area contributed by atoms with Gasteiger partial charge in [0.2, 0.25) is 0 Å². The Labute approximate surface area is 115 Å². The van der Waals surface area contributed by atoms with Crippen molar-refractivity contribution >= 4 is 22.2 Å². The van der Waals surface area contributed by atoms with Crippen LogP contribution in [0.1, 0.15) is 35.2 Å². The maximum absolute atomic E-state index is 11.1. The first-order valence-electron chi connectivity index (χ1n) is 5.96. The average molecular weight is 314 g/mol. The first kappa shape index (κ1) is 13.4. The summed E-state index contributed by atoms with van der Waals surface area (Å²) < 4.78 is 12.1. The summed E-state index contributed by atoms with van der Waals surface area (Å²) in [6.07, 6.45) is 1.64. The topological polar surface area (TPSA) is 61.6 Å². The van der Waals surface area contributed by atoms with Gasteiger partial charge in [-0.15, -0.1) is 0 Å². The molecule has 5 heteroatoms. The van der Waals surface area contributed by atoms with Gasteiger partial charge in [-0.2, -0.15) is 0 Å². The molecule has 1 aromatic carbocycles. The lowest BCUT2D eigenvalue weighted by Gasteiger charge is -2.25. The van der Waals surface area contributed by atoms with Gasteiger partial charge >= 0.3 is 0 Å². The first-order valence-corrected chi connectivity index (χ1v) is 6.75. The van der Waals surface area contributed by atoms with Crippen molar-refractivity contribution in [3.05, 3.63) is 21.7 Å². The number of hydrogen-bond acceptors (Lipinski definition) is 4. The Bertz CT molecular complexity index is 462. The van der Waals surface area contributed by atoms with Crippen LogP contribution in [0.4, 0.5) is 0 Å². The molecule has 0 saturated carbocycles. The second-order valence-electron chi connectivity index (χ2n) is 4.31. The van der Waals surface area contributed by atoms with Crippen molar-refractivity contribution < 1.29 is 14.3 Å². The third-order valence-corrected chi connectivity index (χ3v) is 3.70. The Morgan fingerprint density at radius 3 is 2.72 bits per heavy atom. The van der Waals surface area contributed by atoms with Crippen LogP contribution in [0.25, 0.3) is 0 Å². The van der Waals surface area contributed by atoms with Gasteiger partial charge in [0, 0.05) is 10.0 Å². The molecule has 4 nitrogen and oxygen atoms in total. The Morgan fingerprint density at radius 2 is 2.11 bits per heavy atom. The third kappa shape index (κ3) is 2.37. The highest BCUT2D eigenvalue weighted by atomic mass is 79.9. The van der Waals surface area contributed by atoms with Gasteiger partial charge in [-0.25, -0.2) is 0 Å². The fourth-order valence-electron chi connectivity index (χ4n) is 2.16. The molecule has 1 aliphatic rings. The van der Waals surface area contributed by atoms with Crippen LogP contribution in [-0.4, -0.2) is 26.0 Å². The summed E-state index contributed by atoms with van der Waals surface area (Å²) in [5, 5.41) is 0. The molecule has 0 amide bonds. The number of ether oxygens (including phenoxy) is 2. The molecule has 1 heterocycles. The molecule has 1 atom stereocenters. The van der Waals surface area contributed by atoms with Gasteiger partial charge in [-0.05, 0) is 24.9 Å². The van der Waals surface area contributed by atoms with E-state index >= 15 is 0 Å². The van der Waals surface area contributed by atoms with Crippen molar-refractivity contribution in [2.75, 3.05) is 19.8 Å². The molecular formula is C13H16BrNO3. The molecule has 2 rings (SSSR count). The monoisotopic (exact) mass is 313 g/mol. The zero-order valence-electron chi connectivity index (χ0n) is 10.2. The fourth-order valence-corrected chi connectivity index (χ4v) is 2.98. The third-order valence-electron chi connectivity index (χ3n) is 3.05. The summed E-state index contributed by atoms with van der Waals surface area (Å²) in [4.78, 5) is 11.1. The standard InChI is InChI=1S/C13H16BrNO3/c1-8(2-3-15)11-10(14)6-9(7-16)12-13(11)18-5-4-17-12/h6-8H,2-5,15H2,1H3. The van der Waals surface area contributed by atoms with E-state index in [0.717, 1.165) is 22.7 Å². The van der Waals surface area contributed by atoms with Gasteiger partial charge in [0.1, 0.15) is 13.2 Å². The lowest BCUT2D eigenvalue weighted by Crippen LogP contribution is -2.19. The molecule has 18 heavy (non-hydrogen) atoms. The summed E-state index contributed by atoms with van der Waals surface area (Å²) in [6, 6.07) is 1.78. The average Bonchev–Trinajstić information content (AvgIpc) is 2.37. The van der Waals surface area contributed by atoms with E-state index in [1.165, 1.54) is 0 Å². The van der Waals surface area contributed by atoms with Gasteiger partial charge in [-0.1, -0.05) is 22.9 Å². The molecule has 0 fully saturated rings. The minimum Gasteiger partial charge on any atom is -0.486 e. The Morgan fingerprint density at radius 1 is 1.44 bits per heavy atom. The molecule has 0 aromatic heterocycles. The SMILES string of the molecule is CC(CCN)c1c(Br)cc(C=O)c2c1OCCO2. The van der Waals surface area contributed by atoms with Gasteiger partial charge in [0.25, 0.3) is 0 Å². The van der Waals surface area contributed by atoms with E-state index < -0.39 is 0 Å². The van der Waals surface area contributed by atoms with Crippen molar-refractivity contribution in [3.8, 4) is 11.5 Å². The molecule has 0 aliphatic carbocycles. The number of aldehydes is 1. The van der Waals surface area contributed by atoms with Crippen LogP contribution in [0.3, 0.4) is 0 Å². The highest BCUT2D eigenvalue weighted by Gasteiger charge is 2.25. The van der Waals surface area contributed by atoms with E-state index in [1.807, 2.05) is 0 Å². The number of nitrogens with two attached hydrogens (primary N) is 1. The number of halogens is 1. The van der Waals surface area contributed by atoms with Gasteiger partial charge in [-0.3, -0.25) is 4.79 Å². The first-order chi connectivity index (χ1) is 8.69. The molecule has 0 bridgehead atoms. The summed E-state index contributed by atoms with van der Waals surface area (Å²) >= 11 is 3.50. The summed E-state index contributed by atoms with van der Waals surface area (Å²) in [7, 11) is 0. The second kappa shape index (κ2) is 5.71. The Hall–Kier alpha value is -1.07. The molecule has 2 N–H and O–H groups in total. The predicted molar refractivity (Wildman–Crippen MR) is 72.6 cm³/mol. The maximum atomic E-state index is 11.1. The van der Waals surface area contributed by atoms with Crippen LogP contribution < -0.4 is 15.2 Å².